The number of rotatable bonds is 5. The molecule has 0 saturated carbocycles. The van der Waals surface area contributed by atoms with Crippen LogP contribution < -0.4 is 4.90 Å². The Morgan fingerprint density at radius 2 is 1.77 bits per heavy atom. The van der Waals surface area contributed by atoms with Gasteiger partial charge >= 0.3 is 0 Å². The van der Waals surface area contributed by atoms with Gasteiger partial charge in [-0.1, -0.05) is 48.0 Å². The Balaban J connectivity index is 3.22. The van der Waals surface area contributed by atoms with Crippen molar-refractivity contribution < 1.29 is 9.18 Å². The first-order chi connectivity index (χ1) is 10.0. The number of anilines is 1. The first kappa shape index (κ1) is 18.7. The molecule has 0 saturated heterocycles. The van der Waals surface area contributed by atoms with Crippen LogP contribution in [0.1, 0.15) is 59.9 Å². The molecule has 0 spiro atoms. The Hall–Kier alpha value is -1.38. The molecule has 0 aliphatic carbocycles. The molecule has 0 heterocycles. The van der Waals surface area contributed by atoms with Gasteiger partial charge in [0, 0.05) is 17.6 Å². The molecule has 0 bridgehead atoms. The van der Waals surface area contributed by atoms with Crippen molar-refractivity contribution >= 4 is 11.6 Å². The molecule has 1 amide bonds. The van der Waals surface area contributed by atoms with Crippen LogP contribution in [0.5, 0.6) is 0 Å². The van der Waals surface area contributed by atoms with Crippen molar-refractivity contribution in [3.63, 3.8) is 0 Å². The number of carbonyl (C=O) groups is 1. The number of nitrogens with zero attached hydrogens (tertiary/aromatic N) is 1. The number of carbonyl (C=O) groups excluding carboxylic acids is 1. The zero-order valence-corrected chi connectivity index (χ0v) is 15.1. The number of hydrogen-bond donors (Lipinski definition) is 0. The van der Waals surface area contributed by atoms with Crippen LogP contribution in [-0.2, 0) is 4.79 Å². The number of amides is 1. The molecule has 1 aromatic carbocycles. The lowest BCUT2D eigenvalue weighted by atomic mass is 9.68. The van der Waals surface area contributed by atoms with Gasteiger partial charge in [0.25, 0.3) is 0 Å². The van der Waals surface area contributed by atoms with Gasteiger partial charge < -0.3 is 4.90 Å². The van der Waals surface area contributed by atoms with Crippen molar-refractivity contribution in [2.75, 3.05) is 11.4 Å². The van der Waals surface area contributed by atoms with Crippen LogP contribution in [0.4, 0.5) is 10.1 Å². The van der Waals surface area contributed by atoms with E-state index in [2.05, 4.69) is 27.7 Å². The van der Waals surface area contributed by atoms with Crippen LogP contribution in [0.3, 0.4) is 0 Å². The first-order valence-corrected chi connectivity index (χ1v) is 8.10. The van der Waals surface area contributed by atoms with Crippen molar-refractivity contribution in [2.24, 2.45) is 10.8 Å². The highest BCUT2D eigenvalue weighted by molar-refractivity contribution is 5.97. The van der Waals surface area contributed by atoms with Crippen LogP contribution >= 0.6 is 0 Å². The summed E-state index contributed by atoms with van der Waals surface area (Å²) in [5.41, 5.74) is 0.710. The summed E-state index contributed by atoms with van der Waals surface area (Å²) < 4.78 is 13.5. The topological polar surface area (TPSA) is 20.3 Å². The van der Waals surface area contributed by atoms with E-state index in [1.165, 1.54) is 6.07 Å². The fraction of sp³-hybridized carbons (Fsp3) is 0.632. The molecule has 2 nitrogen and oxygen atoms in total. The van der Waals surface area contributed by atoms with Gasteiger partial charge in [-0.05, 0) is 42.5 Å². The fourth-order valence-corrected chi connectivity index (χ4v) is 2.12. The summed E-state index contributed by atoms with van der Waals surface area (Å²) >= 11 is 0. The van der Waals surface area contributed by atoms with Gasteiger partial charge in [0.15, 0.2) is 0 Å². The maximum Gasteiger partial charge on any atom is 0.233 e. The van der Waals surface area contributed by atoms with E-state index in [4.69, 9.17) is 0 Å². The maximum absolute atomic E-state index is 13.5. The highest BCUT2D eigenvalue weighted by Gasteiger charge is 2.42. The second kappa shape index (κ2) is 6.80. The normalized spacial score (nSPS) is 12.4. The van der Waals surface area contributed by atoms with Gasteiger partial charge in [-0.15, -0.1) is 0 Å². The predicted octanol–water partition coefficient (Wildman–Crippen LogP) is 5.34. The monoisotopic (exact) mass is 307 g/mol. The quantitative estimate of drug-likeness (QED) is 0.719. The molecule has 124 valence electrons. The smallest absolute Gasteiger partial charge is 0.233 e. The lowest BCUT2D eigenvalue weighted by Crippen LogP contribution is -2.48. The number of hydrogen-bond acceptors (Lipinski definition) is 1. The Morgan fingerprint density at radius 3 is 2.23 bits per heavy atom. The predicted molar refractivity (Wildman–Crippen MR) is 91.6 cm³/mol. The second-order valence-electron chi connectivity index (χ2n) is 7.62. The molecule has 3 heteroatoms. The molecule has 0 aliphatic heterocycles. The Kier molecular flexibility index (Phi) is 5.77. The molecule has 0 atom stereocenters. The summed E-state index contributed by atoms with van der Waals surface area (Å²) in [5, 5.41) is 0. The highest BCUT2D eigenvalue weighted by Crippen LogP contribution is 2.40. The standard InChI is InChI=1S/C19H30FNO/c1-8-9-12-21(15-10-11-16(20)14(2)13-15)17(22)19(6,7)18(3,4)5/h10-11,13H,8-9,12H2,1-7H3. The average Bonchev–Trinajstić information content (AvgIpc) is 2.41. The summed E-state index contributed by atoms with van der Waals surface area (Å²) in [4.78, 5) is 15.0. The minimum Gasteiger partial charge on any atom is -0.312 e. The van der Waals surface area contributed by atoms with Crippen molar-refractivity contribution in [2.45, 2.75) is 61.3 Å². The zero-order valence-electron chi connectivity index (χ0n) is 15.1. The Bertz CT molecular complexity index is 529. The number of halogens is 1. The fourth-order valence-electron chi connectivity index (χ4n) is 2.12. The van der Waals surface area contributed by atoms with E-state index in [1.807, 2.05) is 18.7 Å². The minimum absolute atomic E-state index is 0.0967. The van der Waals surface area contributed by atoms with Crippen LogP contribution in [0.25, 0.3) is 0 Å². The van der Waals surface area contributed by atoms with E-state index in [1.54, 1.807) is 19.1 Å². The van der Waals surface area contributed by atoms with Crippen molar-refractivity contribution in [3.8, 4) is 0 Å². The van der Waals surface area contributed by atoms with E-state index in [0.29, 0.717) is 12.1 Å². The maximum atomic E-state index is 13.5. The summed E-state index contributed by atoms with van der Waals surface area (Å²) in [6, 6.07) is 4.91. The van der Waals surface area contributed by atoms with E-state index in [9.17, 15) is 9.18 Å². The van der Waals surface area contributed by atoms with E-state index in [0.717, 1.165) is 18.5 Å². The van der Waals surface area contributed by atoms with E-state index in [-0.39, 0.29) is 17.1 Å². The third-order valence-electron chi connectivity index (χ3n) is 4.84. The lowest BCUT2D eigenvalue weighted by Gasteiger charge is -2.41. The summed E-state index contributed by atoms with van der Waals surface area (Å²) in [7, 11) is 0. The summed E-state index contributed by atoms with van der Waals surface area (Å²) in [6.45, 7) is 14.7. The number of unbranched alkanes of at least 4 members (excludes halogenated alkanes) is 1. The molecule has 0 aliphatic rings. The van der Waals surface area contributed by atoms with Crippen LogP contribution in [0, 0.1) is 23.6 Å². The Morgan fingerprint density at radius 1 is 1.18 bits per heavy atom. The van der Waals surface area contributed by atoms with Crippen LogP contribution in [-0.4, -0.2) is 12.5 Å². The van der Waals surface area contributed by atoms with Crippen molar-refractivity contribution in [1.29, 1.82) is 0 Å². The van der Waals surface area contributed by atoms with E-state index < -0.39 is 5.41 Å². The van der Waals surface area contributed by atoms with Gasteiger partial charge in [0.1, 0.15) is 5.82 Å². The molecular formula is C19H30FNO. The van der Waals surface area contributed by atoms with E-state index >= 15 is 0 Å². The lowest BCUT2D eigenvalue weighted by molar-refractivity contribution is -0.131. The third kappa shape index (κ3) is 3.88. The van der Waals surface area contributed by atoms with Crippen molar-refractivity contribution in [3.05, 3.63) is 29.6 Å². The summed E-state index contributed by atoms with van der Waals surface area (Å²) in [5.74, 6) is -0.138. The van der Waals surface area contributed by atoms with Gasteiger partial charge in [0.05, 0.1) is 0 Å². The average molecular weight is 307 g/mol. The molecular weight excluding hydrogens is 277 g/mol. The molecule has 0 radical (unpaired) electrons. The molecule has 0 N–H and O–H groups in total. The SMILES string of the molecule is CCCCN(C(=O)C(C)(C)C(C)(C)C)c1ccc(F)c(C)c1. The van der Waals surface area contributed by atoms with Crippen LogP contribution in [0.2, 0.25) is 0 Å². The number of benzene rings is 1. The van der Waals surface area contributed by atoms with Gasteiger partial charge in [-0.2, -0.15) is 0 Å². The van der Waals surface area contributed by atoms with Crippen LogP contribution in [0.15, 0.2) is 18.2 Å². The molecule has 0 unspecified atom stereocenters. The van der Waals surface area contributed by atoms with Crippen molar-refractivity contribution in [1.82, 2.24) is 0 Å². The van der Waals surface area contributed by atoms with Gasteiger partial charge in [0.2, 0.25) is 5.91 Å². The highest BCUT2D eigenvalue weighted by atomic mass is 19.1. The largest absolute Gasteiger partial charge is 0.312 e. The third-order valence-corrected chi connectivity index (χ3v) is 4.84. The molecule has 0 aromatic heterocycles. The molecule has 1 aromatic rings. The van der Waals surface area contributed by atoms with Gasteiger partial charge in [-0.3, -0.25) is 4.79 Å². The Labute approximate surface area is 134 Å². The van der Waals surface area contributed by atoms with Gasteiger partial charge in [-0.25, -0.2) is 4.39 Å². The molecule has 0 fully saturated rings. The summed E-state index contributed by atoms with van der Waals surface area (Å²) in [6.07, 6.45) is 1.95. The minimum atomic E-state index is -0.497. The first-order valence-electron chi connectivity index (χ1n) is 8.10. The zero-order chi connectivity index (χ0) is 17.1. The molecule has 1 rings (SSSR count). The molecule has 22 heavy (non-hydrogen) atoms. The number of aryl methyl sites for hydroxylation is 1. The second-order valence-corrected chi connectivity index (χ2v) is 7.62.